The van der Waals surface area contributed by atoms with Crippen LogP contribution in [0.5, 0.6) is 0 Å². The second-order valence-corrected chi connectivity index (χ2v) is 10.2. The fourth-order valence-electron chi connectivity index (χ4n) is 5.27. The van der Waals surface area contributed by atoms with Crippen molar-refractivity contribution in [3.05, 3.63) is 75.6 Å². The van der Waals surface area contributed by atoms with Crippen molar-refractivity contribution in [3.8, 4) is 0 Å². The summed E-state index contributed by atoms with van der Waals surface area (Å²) in [6.07, 6.45) is 2.52. The Morgan fingerprint density at radius 2 is 2.00 bits per heavy atom. The van der Waals surface area contributed by atoms with Gasteiger partial charge in [-0.05, 0) is 43.1 Å². The first-order chi connectivity index (χ1) is 18.5. The summed E-state index contributed by atoms with van der Waals surface area (Å²) in [6.45, 7) is 8.28. The van der Waals surface area contributed by atoms with Crippen molar-refractivity contribution in [3.63, 3.8) is 0 Å². The van der Waals surface area contributed by atoms with Crippen LogP contribution in [0.3, 0.4) is 0 Å². The van der Waals surface area contributed by atoms with Crippen molar-refractivity contribution in [2.45, 2.75) is 26.2 Å². The van der Waals surface area contributed by atoms with Crippen LogP contribution in [0, 0.1) is 16.0 Å². The topological polar surface area (TPSA) is 114 Å². The molecular weight excluding hydrogens is 504 g/mol. The van der Waals surface area contributed by atoms with E-state index in [1.165, 1.54) is 17.6 Å². The van der Waals surface area contributed by atoms with E-state index in [4.69, 9.17) is 14.1 Å². The van der Waals surface area contributed by atoms with E-state index < -0.39 is 16.8 Å². The Bertz CT molecular complexity index is 1340. The van der Waals surface area contributed by atoms with Gasteiger partial charge < -0.3 is 9.64 Å². The van der Waals surface area contributed by atoms with Crippen LogP contribution in [0.1, 0.15) is 36.6 Å². The normalized spacial score (nSPS) is 19.5. The first-order valence-corrected chi connectivity index (χ1v) is 13.6. The van der Waals surface area contributed by atoms with E-state index in [-0.39, 0.29) is 18.3 Å². The van der Waals surface area contributed by atoms with E-state index in [0.29, 0.717) is 17.7 Å². The number of nitro groups is 1. The van der Waals surface area contributed by atoms with E-state index in [1.807, 2.05) is 37.4 Å². The summed E-state index contributed by atoms with van der Waals surface area (Å²) in [5.41, 5.74) is 3.08. The van der Waals surface area contributed by atoms with E-state index >= 15 is 0 Å². The fraction of sp³-hybridized carbons (Fsp3) is 0.407. The molecule has 2 aliphatic rings. The summed E-state index contributed by atoms with van der Waals surface area (Å²) in [6, 6.07) is 12.5. The highest BCUT2D eigenvalue weighted by Gasteiger charge is 2.41. The van der Waals surface area contributed by atoms with Gasteiger partial charge in [0.25, 0.3) is 5.69 Å². The molecule has 198 valence electrons. The number of rotatable bonds is 8. The van der Waals surface area contributed by atoms with Gasteiger partial charge in [0.2, 0.25) is 0 Å². The van der Waals surface area contributed by atoms with Crippen molar-refractivity contribution in [1.82, 2.24) is 14.3 Å². The Kier molecular flexibility index (Phi) is 7.75. The SMILES string of the molecule is CCOC(=O)C1C(C)=Nc2snc(CCN3CCN(c4ccccn4)CC3)c2C1c1cccc([N+](=O)[O-])c1. The summed E-state index contributed by atoms with van der Waals surface area (Å²) >= 11 is 1.32. The van der Waals surface area contributed by atoms with Gasteiger partial charge in [-0.25, -0.2) is 9.98 Å². The maximum Gasteiger partial charge on any atom is 0.315 e. The van der Waals surface area contributed by atoms with Crippen LogP contribution in [0.2, 0.25) is 0 Å². The Morgan fingerprint density at radius 3 is 2.71 bits per heavy atom. The highest BCUT2D eigenvalue weighted by molar-refractivity contribution is 7.10. The summed E-state index contributed by atoms with van der Waals surface area (Å²) in [5, 5.41) is 12.3. The Morgan fingerprint density at radius 1 is 1.18 bits per heavy atom. The zero-order valence-corrected chi connectivity index (χ0v) is 22.3. The molecule has 0 aliphatic carbocycles. The van der Waals surface area contributed by atoms with Crippen LogP contribution in [0.4, 0.5) is 16.5 Å². The van der Waals surface area contributed by atoms with Crippen LogP contribution >= 0.6 is 11.5 Å². The lowest BCUT2D eigenvalue weighted by Gasteiger charge is -2.35. The molecule has 0 N–H and O–H groups in total. The average Bonchev–Trinajstić information content (AvgIpc) is 3.34. The van der Waals surface area contributed by atoms with Crippen LogP contribution in [0.25, 0.3) is 0 Å². The molecule has 1 fully saturated rings. The maximum atomic E-state index is 13.1. The lowest BCUT2D eigenvalue weighted by molar-refractivity contribution is -0.384. The van der Waals surface area contributed by atoms with Crippen LogP contribution in [0.15, 0.2) is 53.7 Å². The summed E-state index contributed by atoms with van der Waals surface area (Å²) in [7, 11) is 0. The van der Waals surface area contributed by atoms with Crippen LogP contribution in [-0.4, -0.2) is 70.2 Å². The molecule has 4 heterocycles. The van der Waals surface area contributed by atoms with Gasteiger partial charge in [-0.15, -0.1) is 0 Å². The van der Waals surface area contributed by atoms with E-state index in [9.17, 15) is 14.9 Å². The molecule has 2 aliphatic heterocycles. The highest BCUT2D eigenvalue weighted by atomic mass is 32.1. The molecule has 10 nitrogen and oxygen atoms in total. The van der Waals surface area contributed by atoms with E-state index in [1.54, 1.807) is 19.1 Å². The summed E-state index contributed by atoms with van der Waals surface area (Å²) < 4.78 is 10.2. The van der Waals surface area contributed by atoms with Gasteiger partial charge in [0.15, 0.2) is 0 Å². The lowest BCUT2D eigenvalue weighted by Crippen LogP contribution is -2.47. The highest BCUT2D eigenvalue weighted by Crippen LogP contribution is 2.47. The third kappa shape index (κ3) is 5.30. The predicted molar refractivity (Wildman–Crippen MR) is 147 cm³/mol. The predicted octanol–water partition coefficient (Wildman–Crippen LogP) is 4.23. The van der Waals surface area contributed by atoms with Gasteiger partial charge >= 0.3 is 5.97 Å². The van der Waals surface area contributed by atoms with Gasteiger partial charge in [0, 0.05) is 74.7 Å². The third-order valence-electron chi connectivity index (χ3n) is 7.15. The molecule has 2 aromatic heterocycles. The number of benzene rings is 1. The number of aliphatic imine (C=N–C) groups is 1. The van der Waals surface area contributed by atoms with Gasteiger partial charge in [0.1, 0.15) is 16.7 Å². The van der Waals surface area contributed by atoms with Crippen molar-refractivity contribution < 1.29 is 14.5 Å². The number of pyridine rings is 1. The van der Waals surface area contributed by atoms with Gasteiger partial charge in [-0.3, -0.25) is 19.8 Å². The first-order valence-electron chi connectivity index (χ1n) is 12.8. The van der Waals surface area contributed by atoms with Crippen molar-refractivity contribution in [2.75, 3.05) is 44.2 Å². The van der Waals surface area contributed by atoms with Gasteiger partial charge in [-0.2, -0.15) is 4.37 Å². The number of nitrogens with zero attached hydrogens (tertiary/aromatic N) is 6. The average molecular weight is 535 g/mol. The minimum atomic E-state index is -0.665. The van der Waals surface area contributed by atoms with Crippen LogP contribution < -0.4 is 4.90 Å². The molecule has 5 rings (SSSR count). The second kappa shape index (κ2) is 11.4. The smallest absolute Gasteiger partial charge is 0.315 e. The number of carbonyl (C=O) groups excluding carboxylic acids is 1. The molecule has 3 aromatic rings. The van der Waals surface area contributed by atoms with E-state index in [0.717, 1.165) is 54.8 Å². The molecular formula is C27H30N6O4S. The summed E-state index contributed by atoms with van der Waals surface area (Å²) in [4.78, 5) is 38.2. The number of ether oxygens (including phenoxy) is 1. The molecule has 0 amide bonds. The largest absolute Gasteiger partial charge is 0.465 e. The minimum absolute atomic E-state index is 0.0117. The molecule has 11 heteroatoms. The molecule has 0 radical (unpaired) electrons. The number of esters is 1. The van der Waals surface area contributed by atoms with Crippen LogP contribution in [-0.2, 0) is 16.0 Å². The standard InChI is InChI=1S/C27H30N6O4S/c1-3-37-27(34)23-18(2)29-26-25(24(23)19-7-6-8-20(17-19)33(35)36)21(30-38-26)10-12-31-13-15-32(16-14-31)22-9-4-5-11-28-22/h4-9,11,17,23-24H,3,10,12-16H2,1-2H3. The number of anilines is 1. The summed E-state index contributed by atoms with van der Waals surface area (Å²) in [5.74, 6) is -0.491. The molecule has 1 aromatic carbocycles. The molecule has 38 heavy (non-hydrogen) atoms. The second-order valence-electron chi connectivity index (χ2n) is 9.43. The Hall–Kier alpha value is -3.70. The molecule has 2 unspecified atom stereocenters. The molecule has 0 bridgehead atoms. The number of non-ortho nitro benzene ring substituents is 1. The van der Waals surface area contributed by atoms with Crippen molar-refractivity contribution in [1.29, 1.82) is 0 Å². The number of fused-ring (bicyclic) bond motifs is 1. The number of piperazine rings is 1. The number of carbonyl (C=O) groups is 1. The molecule has 2 atom stereocenters. The quantitative estimate of drug-likeness (QED) is 0.240. The molecule has 0 saturated carbocycles. The molecule has 0 spiro atoms. The fourth-order valence-corrected chi connectivity index (χ4v) is 6.18. The Labute approximate surface area is 225 Å². The van der Waals surface area contributed by atoms with E-state index in [2.05, 4.69) is 14.8 Å². The first kappa shape index (κ1) is 25.9. The lowest BCUT2D eigenvalue weighted by atomic mass is 9.76. The number of aromatic nitrogens is 2. The number of nitro benzene ring substituents is 1. The number of hydrogen-bond donors (Lipinski definition) is 0. The monoisotopic (exact) mass is 534 g/mol. The van der Waals surface area contributed by atoms with Gasteiger partial charge in [0.05, 0.1) is 17.2 Å². The maximum absolute atomic E-state index is 13.1. The number of hydrogen-bond acceptors (Lipinski definition) is 10. The zero-order valence-electron chi connectivity index (χ0n) is 21.4. The van der Waals surface area contributed by atoms with Gasteiger partial charge in [-0.1, -0.05) is 18.2 Å². The Balaban J connectivity index is 1.39. The molecule has 1 saturated heterocycles. The minimum Gasteiger partial charge on any atom is -0.465 e. The van der Waals surface area contributed by atoms with Crippen molar-refractivity contribution in [2.24, 2.45) is 10.9 Å². The van der Waals surface area contributed by atoms with Crippen molar-refractivity contribution >= 4 is 39.7 Å². The zero-order chi connectivity index (χ0) is 26.6. The third-order valence-corrected chi connectivity index (χ3v) is 7.94.